The van der Waals surface area contributed by atoms with Crippen molar-refractivity contribution in [3.05, 3.63) is 41.2 Å². The third kappa shape index (κ3) is 3.37. The van der Waals surface area contributed by atoms with Gasteiger partial charge in [-0.2, -0.15) is 18.3 Å². The summed E-state index contributed by atoms with van der Waals surface area (Å²) in [5.74, 6) is -0.134. The summed E-state index contributed by atoms with van der Waals surface area (Å²) in [6.07, 6.45) is -2.36. The van der Waals surface area contributed by atoms with Crippen molar-refractivity contribution in [3.8, 4) is 0 Å². The van der Waals surface area contributed by atoms with Gasteiger partial charge in [0.1, 0.15) is 0 Å². The molecule has 1 aromatic carbocycles. The summed E-state index contributed by atoms with van der Waals surface area (Å²) in [6, 6.07) is 4.90. The Kier molecular flexibility index (Phi) is 3.98. The first kappa shape index (κ1) is 16.4. The lowest BCUT2D eigenvalue weighted by Gasteiger charge is -2.19. The molecule has 0 bridgehead atoms. The maximum absolute atomic E-state index is 12.9. The van der Waals surface area contributed by atoms with E-state index in [1.165, 1.54) is 6.07 Å². The fraction of sp³-hybridized carbons (Fsp3) is 0.375. The third-order valence-corrected chi connectivity index (χ3v) is 3.90. The number of nitrogens with one attached hydrogen (secondary N) is 2. The average molecular weight is 338 g/mol. The van der Waals surface area contributed by atoms with Crippen molar-refractivity contribution in [2.45, 2.75) is 24.9 Å². The molecule has 2 aromatic rings. The molecule has 1 heterocycles. The van der Waals surface area contributed by atoms with Crippen LogP contribution in [0.5, 0.6) is 0 Å². The molecule has 1 saturated carbocycles. The highest BCUT2D eigenvalue weighted by molar-refractivity contribution is 6.04. The Hall–Kier alpha value is -2.51. The van der Waals surface area contributed by atoms with Crippen LogP contribution in [0, 0.1) is 0 Å². The Bertz CT molecular complexity index is 763. The molecule has 5 nitrogen and oxygen atoms in total. The molecular formula is C16H17F3N4O. The Morgan fingerprint density at radius 1 is 1.29 bits per heavy atom. The molecule has 1 amide bonds. The van der Waals surface area contributed by atoms with Crippen molar-refractivity contribution in [3.63, 3.8) is 0 Å². The lowest BCUT2D eigenvalue weighted by atomic mass is 10.1. The molecular weight excluding hydrogens is 321 g/mol. The number of carbonyl (C=O) groups is 1. The van der Waals surface area contributed by atoms with Gasteiger partial charge in [0.25, 0.3) is 5.91 Å². The highest BCUT2D eigenvalue weighted by Crippen LogP contribution is 2.39. The summed E-state index contributed by atoms with van der Waals surface area (Å²) >= 11 is 0. The Morgan fingerprint density at radius 2 is 2.00 bits per heavy atom. The largest absolute Gasteiger partial charge is 0.416 e. The maximum Gasteiger partial charge on any atom is 0.416 e. The molecule has 128 valence electrons. The van der Waals surface area contributed by atoms with Crippen molar-refractivity contribution in [1.29, 1.82) is 0 Å². The van der Waals surface area contributed by atoms with Gasteiger partial charge >= 0.3 is 6.18 Å². The van der Waals surface area contributed by atoms with Crippen molar-refractivity contribution < 1.29 is 18.0 Å². The monoisotopic (exact) mass is 338 g/mol. The van der Waals surface area contributed by atoms with Crippen LogP contribution in [0.4, 0.5) is 24.5 Å². The van der Waals surface area contributed by atoms with E-state index >= 15 is 0 Å². The number of aromatic amines is 1. The van der Waals surface area contributed by atoms with Crippen molar-refractivity contribution in [1.82, 2.24) is 10.2 Å². The van der Waals surface area contributed by atoms with Crippen LogP contribution in [0.15, 0.2) is 24.3 Å². The minimum atomic E-state index is -4.48. The van der Waals surface area contributed by atoms with E-state index in [-0.39, 0.29) is 11.4 Å². The molecule has 0 radical (unpaired) electrons. The van der Waals surface area contributed by atoms with Crippen LogP contribution in [0.3, 0.4) is 0 Å². The van der Waals surface area contributed by atoms with E-state index in [4.69, 9.17) is 0 Å². The minimum absolute atomic E-state index is 0.0933. The fourth-order valence-electron chi connectivity index (χ4n) is 2.45. The number of alkyl halides is 3. The second kappa shape index (κ2) is 5.85. The second-order valence-electron chi connectivity index (χ2n) is 6.06. The molecule has 2 N–H and O–H groups in total. The van der Waals surface area contributed by atoms with E-state index in [0.717, 1.165) is 30.7 Å². The molecule has 0 spiro atoms. The van der Waals surface area contributed by atoms with Gasteiger partial charge in [0.15, 0.2) is 5.69 Å². The second-order valence-corrected chi connectivity index (χ2v) is 6.06. The number of hydrogen-bond acceptors (Lipinski definition) is 3. The number of rotatable bonds is 4. The summed E-state index contributed by atoms with van der Waals surface area (Å²) in [5, 5.41) is 9.28. The number of aromatic nitrogens is 2. The molecule has 1 aliphatic rings. The number of carbonyl (C=O) groups excluding carboxylic acids is 1. The summed E-state index contributed by atoms with van der Waals surface area (Å²) < 4.78 is 38.7. The highest BCUT2D eigenvalue weighted by atomic mass is 19.4. The molecule has 3 rings (SSSR count). The predicted molar refractivity (Wildman–Crippen MR) is 84.3 cm³/mol. The quantitative estimate of drug-likeness (QED) is 0.895. The predicted octanol–water partition coefficient (Wildman–Crippen LogP) is 3.62. The first-order valence-corrected chi connectivity index (χ1v) is 7.51. The lowest BCUT2D eigenvalue weighted by Crippen LogP contribution is -2.18. The molecule has 8 heteroatoms. The number of nitrogens with zero attached hydrogens (tertiary/aromatic N) is 2. The van der Waals surface area contributed by atoms with Gasteiger partial charge in [0, 0.05) is 25.7 Å². The Balaban J connectivity index is 1.87. The molecule has 1 fully saturated rings. The van der Waals surface area contributed by atoms with Crippen LogP contribution < -0.4 is 10.2 Å². The average Bonchev–Trinajstić information content (AvgIpc) is 3.23. The van der Waals surface area contributed by atoms with E-state index in [0.29, 0.717) is 11.6 Å². The van der Waals surface area contributed by atoms with Gasteiger partial charge in [-0.15, -0.1) is 0 Å². The molecule has 0 atom stereocenters. The molecule has 0 aliphatic heterocycles. The van der Waals surface area contributed by atoms with E-state index in [9.17, 15) is 18.0 Å². The zero-order valence-electron chi connectivity index (χ0n) is 13.2. The summed E-state index contributed by atoms with van der Waals surface area (Å²) in [4.78, 5) is 13.9. The van der Waals surface area contributed by atoms with E-state index in [2.05, 4.69) is 15.5 Å². The summed E-state index contributed by atoms with van der Waals surface area (Å²) in [6.45, 7) is 0. The van der Waals surface area contributed by atoms with Crippen molar-refractivity contribution in [2.24, 2.45) is 0 Å². The van der Waals surface area contributed by atoms with Gasteiger partial charge in [-0.3, -0.25) is 9.89 Å². The topological polar surface area (TPSA) is 61.0 Å². The standard InChI is InChI=1S/C16H17F3N4O/c1-23(2)14-6-5-10(16(17,18)19)7-12(14)20-15(24)13-8-11(21-22-13)9-3-4-9/h5-9H,3-4H2,1-2H3,(H,20,24)(H,21,22). The van der Waals surface area contributed by atoms with Crippen molar-refractivity contribution in [2.75, 3.05) is 24.3 Å². The van der Waals surface area contributed by atoms with Crippen LogP contribution in [0.25, 0.3) is 0 Å². The van der Waals surface area contributed by atoms with Crippen LogP contribution in [-0.2, 0) is 6.18 Å². The van der Waals surface area contributed by atoms with Crippen LogP contribution >= 0.6 is 0 Å². The minimum Gasteiger partial charge on any atom is -0.376 e. The molecule has 0 unspecified atom stereocenters. The van der Waals surface area contributed by atoms with E-state index in [1.807, 2.05) is 0 Å². The Morgan fingerprint density at radius 3 is 2.58 bits per heavy atom. The van der Waals surface area contributed by atoms with Gasteiger partial charge in [-0.1, -0.05) is 0 Å². The number of benzene rings is 1. The van der Waals surface area contributed by atoms with E-state index < -0.39 is 17.6 Å². The van der Waals surface area contributed by atoms with E-state index in [1.54, 1.807) is 25.1 Å². The Labute approximate surface area is 136 Å². The number of amides is 1. The summed E-state index contributed by atoms with van der Waals surface area (Å²) in [5.41, 5.74) is 0.810. The highest BCUT2D eigenvalue weighted by Gasteiger charge is 2.31. The van der Waals surface area contributed by atoms with Gasteiger partial charge in [-0.25, -0.2) is 0 Å². The normalized spacial score (nSPS) is 14.5. The van der Waals surface area contributed by atoms with Gasteiger partial charge in [0.2, 0.25) is 0 Å². The molecule has 24 heavy (non-hydrogen) atoms. The maximum atomic E-state index is 12.9. The fourth-order valence-corrected chi connectivity index (χ4v) is 2.45. The van der Waals surface area contributed by atoms with Crippen LogP contribution in [0.1, 0.15) is 40.5 Å². The van der Waals surface area contributed by atoms with Crippen LogP contribution in [-0.4, -0.2) is 30.2 Å². The smallest absolute Gasteiger partial charge is 0.376 e. The molecule has 1 aliphatic carbocycles. The van der Waals surface area contributed by atoms with Crippen LogP contribution in [0.2, 0.25) is 0 Å². The third-order valence-electron chi connectivity index (χ3n) is 3.90. The van der Waals surface area contributed by atoms with Gasteiger partial charge in [-0.05, 0) is 37.1 Å². The zero-order valence-corrected chi connectivity index (χ0v) is 13.2. The van der Waals surface area contributed by atoms with Crippen molar-refractivity contribution >= 4 is 17.3 Å². The zero-order chi connectivity index (χ0) is 17.5. The lowest BCUT2D eigenvalue weighted by molar-refractivity contribution is -0.137. The van der Waals surface area contributed by atoms with Gasteiger partial charge < -0.3 is 10.2 Å². The molecule has 1 aromatic heterocycles. The first-order chi connectivity index (χ1) is 11.3. The number of anilines is 2. The number of hydrogen-bond donors (Lipinski definition) is 2. The molecule has 0 saturated heterocycles. The first-order valence-electron chi connectivity index (χ1n) is 7.51. The van der Waals surface area contributed by atoms with Gasteiger partial charge in [0.05, 0.1) is 16.9 Å². The number of halogens is 3. The summed E-state index contributed by atoms with van der Waals surface area (Å²) in [7, 11) is 3.38. The SMILES string of the molecule is CN(C)c1ccc(C(F)(F)F)cc1NC(=O)c1cc(C2CC2)[nH]n1. The number of H-pyrrole nitrogens is 1.